The highest BCUT2D eigenvalue weighted by atomic mass is 16.5. The molecule has 0 radical (unpaired) electrons. The number of nitrogens with one attached hydrogen (secondary N) is 1. The number of methoxy groups -OCH3 is 2. The third kappa shape index (κ3) is 3.69. The number of aromatic nitrogens is 2. The van der Waals surface area contributed by atoms with Crippen LogP contribution in [0.3, 0.4) is 0 Å². The molecule has 29 heavy (non-hydrogen) atoms. The minimum absolute atomic E-state index is 0.154. The Morgan fingerprint density at radius 3 is 2.52 bits per heavy atom. The molecule has 1 aromatic heterocycles. The number of hydrogen-bond acceptors (Lipinski definition) is 5. The summed E-state index contributed by atoms with van der Waals surface area (Å²) in [6, 6.07) is 17.3. The summed E-state index contributed by atoms with van der Waals surface area (Å²) in [7, 11) is 3.20. The average molecular weight is 392 g/mol. The Hall–Kier alpha value is -3.32. The number of para-hydroxylation sites is 2. The molecule has 1 atom stereocenters. The van der Waals surface area contributed by atoms with Crippen LogP contribution in [0.25, 0.3) is 5.69 Å². The van der Waals surface area contributed by atoms with Crippen molar-refractivity contribution in [3.8, 4) is 17.2 Å². The van der Waals surface area contributed by atoms with Gasteiger partial charge >= 0.3 is 0 Å². The Labute approximate surface area is 169 Å². The van der Waals surface area contributed by atoms with Crippen LogP contribution in [-0.2, 0) is 0 Å². The molecule has 150 valence electrons. The second kappa shape index (κ2) is 8.36. The number of piperazine rings is 1. The van der Waals surface area contributed by atoms with Gasteiger partial charge in [-0.25, -0.2) is 4.68 Å². The zero-order valence-corrected chi connectivity index (χ0v) is 16.5. The van der Waals surface area contributed by atoms with Crippen LogP contribution in [0, 0.1) is 0 Å². The van der Waals surface area contributed by atoms with Gasteiger partial charge in [-0.15, -0.1) is 0 Å². The fourth-order valence-electron chi connectivity index (χ4n) is 3.67. The number of ether oxygens (including phenoxy) is 2. The summed E-state index contributed by atoms with van der Waals surface area (Å²) in [6.45, 7) is 1.94. The first-order chi connectivity index (χ1) is 14.2. The first-order valence-corrected chi connectivity index (χ1v) is 9.56. The lowest BCUT2D eigenvalue weighted by Crippen LogP contribution is -2.49. The summed E-state index contributed by atoms with van der Waals surface area (Å²) in [5, 5.41) is 7.92. The van der Waals surface area contributed by atoms with E-state index in [1.165, 1.54) is 0 Å². The van der Waals surface area contributed by atoms with Crippen LogP contribution in [-0.4, -0.2) is 54.4 Å². The number of amides is 1. The fourth-order valence-corrected chi connectivity index (χ4v) is 3.67. The molecule has 0 aliphatic carbocycles. The van der Waals surface area contributed by atoms with Crippen LogP contribution < -0.4 is 14.8 Å². The Morgan fingerprint density at radius 2 is 1.76 bits per heavy atom. The minimum Gasteiger partial charge on any atom is -0.496 e. The van der Waals surface area contributed by atoms with E-state index >= 15 is 0 Å². The van der Waals surface area contributed by atoms with Crippen molar-refractivity contribution in [3.63, 3.8) is 0 Å². The van der Waals surface area contributed by atoms with Crippen molar-refractivity contribution in [2.75, 3.05) is 33.9 Å². The molecule has 4 rings (SSSR count). The van der Waals surface area contributed by atoms with Gasteiger partial charge in [0.1, 0.15) is 5.75 Å². The van der Waals surface area contributed by atoms with E-state index < -0.39 is 0 Å². The zero-order chi connectivity index (χ0) is 20.2. The lowest BCUT2D eigenvalue weighted by atomic mass is 10.0. The van der Waals surface area contributed by atoms with Crippen LogP contribution in [0.4, 0.5) is 0 Å². The van der Waals surface area contributed by atoms with E-state index in [2.05, 4.69) is 10.4 Å². The molecular formula is C22H24N4O3. The van der Waals surface area contributed by atoms with Crippen LogP contribution in [0.2, 0.25) is 0 Å². The number of carbonyl (C=O) groups excluding carboxylic acids is 1. The summed E-state index contributed by atoms with van der Waals surface area (Å²) >= 11 is 0. The molecule has 1 saturated heterocycles. The summed E-state index contributed by atoms with van der Waals surface area (Å²) in [4.78, 5) is 15.4. The monoisotopic (exact) mass is 392 g/mol. The van der Waals surface area contributed by atoms with Gasteiger partial charge in [0, 0.05) is 25.2 Å². The van der Waals surface area contributed by atoms with Gasteiger partial charge in [-0.3, -0.25) is 4.79 Å². The quantitative estimate of drug-likeness (QED) is 0.723. The SMILES string of the molecule is COc1ccccc1C1CNCCN1C(=O)c1nn(-c2ccccc2)cc1OC. The Bertz CT molecular complexity index is 987. The lowest BCUT2D eigenvalue weighted by Gasteiger charge is -2.36. The van der Waals surface area contributed by atoms with Gasteiger partial charge in [0.05, 0.1) is 32.1 Å². The molecule has 0 bridgehead atoms. The van der Waals surface area contributed by atoms with E-state index in [-0.39, 0.29) is 11.9 Å². The Kier molecular flexibility index (Phi) is 5.48. The fraction of sp³-hybridized carbons (Fsp3) is 0.273. The normalized spacial score (nSPS) is 16.5. The average Bonchev–Trinajstić information content (AvgIpc) is 3.24. The highest BCUT2D eigenvalue weighted by Crippen LogP contribution is 2.32. The summed E-state index contributed by atoms with van der Waals surface area (Å²) in [5.41, 5.74) is 2.14. The van der Waals surface area contributed by atoms with Crippen molar-refractivity contribution in [1.82, 2.24) is 20.0 Å². The maximum atomic E-state index is 13.5. The smallest absolute Gasteiger partial charge is 0.278 e. The van der Waals surface area contributed by atoms with Crippen LogP contribution >= 0.6 is 0 Å². The Morgan fingerprint density at radius 1 is 1.03 bits per heavy atom. The van der Waals surface area contributed by atoms with E-state index in [0.717, 1.165) is 23.5 Å². The van der Waals surface area contributed by atoms with E-state index in [4.69, 9.17) is 9.47 Å². The van der Waals surface area contributed by atoms with Crippen molar-refractivity contribution in [1.29, 1.82) is 0 Å². The zero-order valence-electron chi connectivity index (χ0n) is 16.5. The van der Waals surface area contributed by atoms with Gasteiger partial charge in [0.15, 0.2) is 11.4 Å². The largest absolute Gasteiger partial charge is 0.496 e. The van der Waals surface area contributed by atoms with E-state index in [1.54, 1.807) is 25.1 Å². The predicted octanol–water partition coefficient (Wildman–Crippen LogP) is 2.68. The van der Waals surface area contributed by atoms with Crippen molar-refractivity contribution in [2.45, 2.75) is 6.04 Å². The number of benzene rings is 2. The maximum Gasteiger partial charge on any atom is 0.278 e. The van der Waals surface area contributed by atoms with E-state index in [9.17, 15) is 4.79 Å². The van der Waals surface area contributed by atoms with Crippen molar-refractivity contribution >= 4 is 5.91 Å². The standard InChI is InChI=1S/C22H24N4O3/c1-28-19-11-7-6-10-17(19)18-14-23-12-13-25(18)22(27)21-20(29-2)15-26(24-21)16-8-4-3-5-9-16/h3-11,15,18,23H,12-14H2,1-2H3. The summed E-state index contributed by atoms with van der Waals surface area (Å²) < 4.78 is 12.7. The van der Waals surface area contributed by atoms with Crippen LogP contribution in [0.15, 0.2) is 60.8 Å². The maximum absolute atomic E-state index is 13.5. The highest BCUT2D eigenvalue weighted by Gasteiger charge is 2.33. The second-order valence-corrected chi connectivity index (χ2v) is 6.79. The van der Waals surface area contributed by atoms with Crippen molar-refractivity contribution in [3.05, 3.63) is 72.1 Å². The third-order valence-electron chi connectivity index (χ3n) is 5.13. The molecule has 1 N–H and O–H groups in total. The molecule has 1 aliphatic heterocycles. The van der Waals surface area contributed by atoms with Crippen molar-refractivity contribution < 1.29 is 14.3 Å². The summed E-state index contributed by atoms with van der Waals surface area (Å²) in [5.74, 6) is 1.06. The number of nitrogens with zero attached hydrogens (tertiary/aromatic N) is 3. The van der Waals surface area contributed by atoms with Gasteiger partial charge in [-0.1, -0.05) is 36.4 Å². The molecular weight excluding hydrogens is 368 g/mol. The number of rotatable bonds is 5. The molecule has 3 aromatic rings. The first kappa shape index (κ1) is 19.0. The highest BCUT2D eigenvalue weighted by molar-refractivity contribution is 5.95. The van der Waals surface area contributed by atoms with Crippen LogP contribution in [0.5, 0.6) is 11.5 Å². The molecule has 1 fully saturated rings. The van der Waals surface area contributed by atoms with Gasteiger partial charge in [-0.05, 0) is 18.2 Å². The molecule has 1 aliphatic rings. The number of hydrogen-bond donors (Lipinski definition) is 1. The second-order valence-electron chi connectivity index (χ2n) is 6.79. The summed E-state index contributed by atoms with van der Waals surface area (Å²) in [6.07, 6.45) is 1.74. The number of carbonyl (C=O) groups is 1. The van der Waals surface area contributed by atoms with Gasteiger partial charge in [-0.2, -0.15) is 5.10 Å². The molecule has 0 saturated carbocycles. The Balaban J connectivity index is 1.70. The molecule has 1 unspecified atom stereocenters. The minimum atomic E-state index is -0.158. The lowest BCUT2D eigenvalue weighted by molar-refractivity contribution is 0.0621. The topological polar surface area (TPSA) is 68.6 Å². The molecule has 0 spiro atoms. The van der Waals surface area contributed by atoms with E-state index in [0.29, 0.717) is 24.5 Å². The molecule has 7 nitrogen and oxygen atoms in total. The third-order valence-corrected chi connectivity index (χ3v) is 5.13. The van der Waals surface area contributed by atoms with Crippen molar-refractivity contribution in [2.24, 2.45) is 0 Å². The molecule has 1 amide bonds. The molecule has 2 aromatic carbocycles. The van der Waals surface area contributed by atoms with Gasteiger partial charge < -0.3 is 19.7 Å². The van der Waals surface area contributed by atoms with Gasteiger partial charge in [0.2, 0.25) is 0 Å². The molecule has 7 heteroatoms. The van der Waals surface area contributed by atoms with E-state index in [1.807, 2.05) is 59.5 Å². The first-order valence-electron chi connectivity index (χ1n) is 9.56. The molecule has 2 heterocycles. The van der Waals surface area contributed by atoms with Gasteiger partial charge in [0.25, 0.3) is 5.91 Å². The predicted molar refractivity (Wildman–Crippen MR) is 110 cm³/mol. The van der Waals surface area contributed by atoms with Crippen LogP contribution in [0.1, 0.15) is 22.1 Å².